The molecule has 0 bridgehead atoms. The lowest BCUT2D eigenvalue weighted by atomic mass is 10.2. The molecule has 1 aromatic heterocycles. The Bertz CT molecular complexity index is 990. The van der Waals surface area contributed by atoms with E-state index in [9.17, 15) is 14.9 Å². The number of thiazole rings is 1. The van der Waals surface area contributed by atoms with Crippen LogP contribution in [-0.4, -0.2) is 29.0 Å². The van der Waals surface area contributed by atoms with Crippen molar-refractivity contribution < 1.29 is 19.2 Å². The van der Waals surface area contributed by atoms with Gasteiger partial charge in [-0.3, -0.25) is 20.2 Å². The molecular weight excluding hydrogens is 382 g/mol. The average Bonchev–Trinajstić information content (AvgIpc) is 3.17. The minimum atomic E-state index is -0.962. The highest BCUT2D eigenvalue weighted by Gasteiger charge is 2.22. The number of aromatic nitrogens is 1. The predicted molar refractivity (Wildman–Crippen MR) is 106 cm³/mol. The molecule has 1 atom stereocenters. The van der Waals surface area contributed by atoms with Crippen molar-refractivity contribution >= 4 is 28.1 Å². The molecule has 1 amide bonds. The summed E-state index contributed by atoms with van der Waals surface area (Å²) in [6.07, 6.45) is -0.962. The minimum absolute atomic E-state index is 0.0161. The number of amides is 1. The van der Waals surface area contributed by atoms with Gasteiger partial charge in [0, 0.05) is 10.9 Å². The van der Waals surface area contributed by atoms with E-state index in [1.807, 2.05) is 35.7 Å². The van der Waals surface area contributed by atoms with Crippen molar-refractivity contribution in [2.75, 3.05) is 12.4 Å². The average molecular weight is 399 g/mol. The number of carbonyl (C=O) groups excluding carboxylic acids is 1. The lowest BCUT2D eigenvalue weighted by Gasteiger charge is -2.14. The van der Waals surface area contributed by atoms with Crippen molar-refractivity contribution in [3.63, 3.8) is 0 Å². The molecule has 144 valence electrons. The molecule has 0 radical (unpaired) electrons. The lowest BCUT2D eigenvalue weighted by Crippen LogP contribution is -2.30. The van der Waals surface area contributed by atoms with Crippen LogP contribution in [0, 0.1) is 10.1 Å². The Labute approximate surface area is 164 Å². The van der Waals surface area contributed by atoms with Crippen LogP contribution in [0.15, 0.2) is 53.9 Å². The SMILES string of the molecule is COc1ccc(O[C@@H](C)C(=O)Nc2nc(-c3ccccc3)cs2)c([N+](=O)[O-])c1. The van der Waals surface area contributed by atoms with Crippen molar-refractivity contribution in [2.45, 2.75) is 13.0 Å². The fraction of sp³-hybridized carbons (Fsp3) is 0.158. The number of nitrogens with zero attached hydrogens (tertiary/aromatic N) is 2. The predicted octanol–water partition coefficient (Wildman–Crippen LogP) is 4.13. The zero-order valence-electron chi connectivity index (χ0n) is 15.1. The highest BCUT2D eigenvalue weighted by molar-refractivity contribution is 7.14. The van der Waals surface area contributed by atoms with Gasteiger partial charge in [-0.25, -0.2) is 4.98 Å². The normalized spacial score (nSPS) is 11.5. The molecule has 0 aliphatic heterocycles. The second-order valence-electron chi connectivity index (χ2n) is 5.74. The first-order valence-electron chi connectivity index (χ1n) is 8.29. The molecule has 0 aliphatic carbocycles. The van der Waals surface area contributed by atoms with Gasteiger partial charge in [-0.05, 0) is 19.1 Å². The molecule has 1 heterocycles. The maximum Gasteiger partial charge on any atom is 0.314 e. The van der Waals surface area contributed by atoms with E-state index in [-0.39, 0.29) is 11.4 Å². The van der Waals surface area contributed by atoms with Crippen molar-refractivity contribution in [2.24, 2.45) is 0 Å². The summed E-state index contributed by atoms with van der Waals surface area (Å²) in [5.74, 6) is -0.149. The Morgan fingerprint density at radius 3 is 2.68 bits per heavy atom. The molecule has 0 spiro atoms. The number of hydrogen-bond donors (Lipinski definition) is 1. The summed E-state index contributed by atoms with van der Waals surface area (Å²) in [5, 5.41) is 16.2. The second-order valence-corrected chi connectivity index (χ2v) is 6.60. The summed E-state index contributed by atoms with van der Waals surface area (Å²) in [6, 6.07) is 13.8. The Morgan fingerprint density at radius 2 is 2.00 bits per heavy atom. The lowest BCUT2D eigenvalue weighted by molar-refractivity contribution is -0.386. The summed E-state index contributed by atoms with van der Waals surface area (Å²) < 4.78 is 10.5. The zero-order chi connectivity index (χ0) is 20.1. The number of benzene rings is 2. The maximum atomic E-state index is 12.4. The standard InChI is InChI=1S/C19H17N3O5S/c1-12(27-17-9-8-14(26-2)10-16(17)22(24)25)18(23)21-19-20-15(11-28-19)13-6-4-3-5-7-13/h3-12H,1-2H3,(H,20,21,23)/t12-/m0/s1. The number of methoxy groups -OCH3 is 1. The van der Waals surface area contributed by atoms with E-state index in [0.717, 1.165) is 11.3 Å². The Kier molecular flexibility index (Phi) is 5.85. The van der Waals surface area contributed by atoms with Crippen LogP contribution in [0.2, 0.25) is 0 Å². The molecule has 8 nitrogen and oxygen atoms in total. The second kappa shape index (κ2) is 8.49. The third kappa shape index (κ3) is 4.44. The molecule has 0 saturated carbocycles. The summed E-state index contributed by atoms with van der Waals surface area (Å²) in [4.78, 5) is 27.4. The van der Waals surface area contributed by atoms with Crippen LogP contribution in [-0.2, 0) is 4.79 Å². The van der Waals surface area contributed by atoms with Crippen molar-refractivity contribution in [3.8, 4) is 22.8 Å². The third-order valence-corrected chi connectivity index (χ3v) is 4.60. The van der Waals surface area contributed by atoms with E-state index in [2.05, 4.69) is 10.3 Å². The molecule has 0 fully saturated rings. The van der Waals surface area contributed by atoms with Gasteiger partial charge in [0.05, 0.1) is 23.8 Å². The van der Waals surface area contributed by atoms with Gasteiger partial charge in [0.1, 0.15) is 5.75 Å². The number of nitro groups is 1. The summed E-state index contributed by atoms with van der Waals surface area (Å²) in [7, 11) is 1.41. The van der Waals surface area contributed by atoms with Crippen LogP contribution in [0.25, 0.3) is 11.3 Å². The first-order valence-corrected chi connectivity index (χ1v) is 9.17. The topological polar surface area (TPSA) is 104 Å². The Balaban J connectivity index is 1.69. The van der Waals surface area contributed by atoms with Gasteiger partial charge in [-0.15, -0.1) is 11.3 Å². The summed E-state index contributed by atoms with van der Waals surface area (Å²) >= 11 is 1.29. The molecule has 3 aromatic rings. The highest BCUT2D eigenvalue weighted by Crippen LogP contribution is 2.32. The highest BCUT2D eigenvalue weighted by atomic mass is 32.1. The monoisotopic (exact) mass is 399 g/mol. The minimum Gasteiger partial charge on any atom is -0.496 e. The molecule has 2 aromatic carbocycles. The van der Waals surface area contributed by atoms with E-state index in [4.69, 9.17) is 9.47 Å². The van der Waals surface area contributed by atoms with Gasteiger partial charge >= 0.3 is 5.69 Å². The van der Waals surface area contributed by atoms with Crippen LogP contribution < -0.4 is 14.8 Å². The van der Waals surface area contributed by atoms with E-state index in [1.54, 1.807) is 0 Å². The molecule has 3 rings (SSSR count). The Hall–Kier alpha value is -3.46. The fourth-order valence-corrected chi connectivity index (χ4v) is 3.11. The molecular formula is C19H17N3O5S. The molecule has 28 heavy (non-hydrogen) atoms. The number of anilines is 1. The van der Waals surface area contributed by atoms with Gasteiger partial charge in [0.15, 0.2) is 17.0 Å². The van der Waals surface area contributed by atoms with Crippen LogP contribution in [0.5, 0.6) is 11.5 Å². The van der Waals surface area contributed by atoms with Crippen molar-refractivity contribution in [1.29, 1.82) is 0 Å². The van der Waals surface area contributed by atoms with E-state index < -0.39 is 16.9 Å². The van der Waals surface area contributed by atoms with Gasteiger partial charge in [-0.1, -0.05) is 30.3 Å². The molecule has 0 aliphatic rings. The molecule has 1 N–H and O–H groups in total. The number of hydrogen-bond acceptors (Lipinski definition) is 7. The van der Waals surface area contributed by atoms with Crippen LogP contribution in [0.3, 0.4) is 0 Å². The smallest absolute Gasteiger partial charge is 0.314 e. The van der Waals surface area contributed by atoms with Crippen molar-refractivity contribution in [3.05, 3.63) is 64.0 Å². The Morgan fingerprint density at radius 1 is 1.25 bits per heavy atom. The molecule has 0 saturated heterocycles. The summed E-state index contributed by atoms with van der Waals surface area (Å²) in [6.45, 7) is 1.51. The van der Waals surface area contributed by atoms with E-state index in [1.165, 1.54) is 43.6 Å². The fourth-order valence-electron chi connectivity index (χ4n) is 2.39. The largest absolute Gasteiger partial charge is 0.496 e. The number of rotatable bonds is 7. The van der Waals surface area contributed by atoms with Crippen LogP contribution >= 0.6 is 11.3 Å². The zero-order valence-corrected chi connectivity index (χ0v) is 15.9. The van der Waals surface area contributed by atoms with Crippen LogP contribution in [0.4, 0.5) is 10.8 Å². The molecule has 0 unspecified atom stereocenters. The van der Waals surface area contributed by atoms with Gasteiger partial charge in [0.25, 0.3) is 5.91 Å². The van der Waals surface area contributed by atoms with Gasteiger partial charge in [-0.2, -0.15) is 0 Å². The van der Waals surface area contributed by atoms with E-state index >= 15 is 0 Å². The van der Waals surface area contributed by atoms with Gasteiger partial charge < -0.3 is 9.47 Å². The number of nitrogens with one attached hydrogen (secondary N) is 1. The number of ether oxygens (including phenoxy) is 2. The number of nitro benzene ring substituents is 1. The number of carbonyl (C=O) groups is 1. The van der Waals surface area contributed by atoms with Crippen molar-refractivity contribution in [1.82, 2.24) is 4.98 Å². The first-order chi connectivity index (χ1) is 13.5. The summed E-state index contributed by atoms with van der Waals surface area (Å²) in [5.41, 5.74) is 1.41. The quantitative estimate of drug-likeness (QED) is 0.473. The van der Waals surface area contributed by atoms with E-state index in [0.29, 0.717) is 10.9 Å². The maximum absolute atomic E-state index is 12.4. The molecule has 9 heteroatoms. The third-order valence-electron chi connectivity index (χ3n) is 3.84. The first kappa shape index (κ1) is 19.3. The van der Waals surface area contributed by atoms with Gasteiger partial charge in [0.2, 0.25) is 0 Å². The van der Waals surface area contributed by atoms with Crippen LogP contribution in [0.1, 0.15) is 6.92 Å².